The summed E-state index contributed by atoms with van der Waals surface area (Å²) in [6.45, 7) is 6.11. The Kier molecular flexibility index (Phi) is 8.42. The molecule has 0 unspecified atom stereocenters. The number of esters is 1. The van der Waals surface area contributed by atoms with Crippen LogP contribution in [0.3, 0.4) is 0 Å². The summed E-state index contributed by atoms with van der Waals surface area (Å²) in [6.07, 6.45) is 2.33. The van der Waals surface area contributed by atoms with E-state index in [4.69, 9.17) is 13.9 Å². The fourth-order valence-corrected chi connectivity index (χ4v) is 3.99. The van der Waals surface area contributed by atoms with Crippen LogP contribution in [-0.4, -0.2) is 42.6 Å². The molecule has 1 aliphatic rings. The van der Waals surface area contributed by atoms with Gasteiger partial charge in [-0.2, -0.15) is 0 Å². The van der Waals surface area contributed by atoms with Crippen molar-refractivity contribution < 1.29 is 33.0 Å². The van der Waals surface area contributed by atoms with Crippen molar-refractivity contribution in [1.82, 2.24) is 10.2 Å². The maximum atomic E-state index is 12.9. The highest BCUT2D eigenvalue weighted by Gasteiger charge is 2.35. The lowest BCUT2D eigenvalue weighted by atomic mass is 10.1. The van der Waals surface area contributed by atoms with Gasteiger partial charge in [0, 0.05) is 4.47 Å². The molecular weight excluding hydrogens is 576 g/mol. The third-order valence-corrected chi connectivity index (χ3v) is 7.12. The first-order valence-corrected chi connectivity index (χ1v) is 12.1. The van der Waals surface area contributed by atoms with Gasteiger partial charge in [-0.25, -0.2) is 9.59 Å². The molecule has 0 saturated carbocycles. The molecule has 0 bridgehead atoms. The van der Waals surface area contributed by atoms with Crippen LogP contribution in [0.5, 0.6) is 11.5 Å². The van der Waals surface area contributed by atoms with E-state index in [1.165, 1.54) is 19.2 Å². The lowest BCUT2D eigenvalue weighted by molar-refractivity contribution is -0.123. The summed E-state index contributed by atoms with van der Waals surface area (Å²) in [7, 11) is 1.23. The first kappa shape index (κ1) is 25.8. The highest BCUT2D eigenvalue weighted by molar-refractivity contribution is 9.13. The van der Waals surface area contributed by atoms with E-state index in [0.29, 0.717) is 32.6 Å². The smallest absolute Gasteiger partial charge is 0.373 e. The van der Waals surface area contributed by atoms with Crippen LogP contribution in [-0.2, 0) is 16.1 Å². The normalized spacial score (nSPS) is 15.5. The van der Waals surface area contributed by atoms with E-state index in [1.54, 1.807) is 12.1 Å². The predicted octanol–water partition coefficient (Wildman–Crippen LogP) is 5.26. The summed E-state index contributed by atoms with van der Waals surface area (Å²) in [5.74, 6) is 0.112. The molecule has 3 rings (SSSR count). The molecular formula is C23H24Br2N2O7. The van der Waals surface area contributed by atoms with E-state index in [2.05, 4.69) is 41.9 Å². The zero-order chi connectivity index (χ0) is 25.0. The number of ether oxygens (including phenoxy) is 3. The van der Waals surface area contributed by atoms with E-state index in [9.17, 15) is 14.4 Å². The Bertz CT molecular complexity index is 1140. The van der Waals surface area contributed by atoms with Gasteiger partial charge in [0.2, 0.25) is 5.76 Å². The third kappa shape index (κ3) is 5.47. The Morgan fingerprint density at radius 3 is 2.62 bits per heavy atom. The maximum Gasteiger partial charge on any atom is 0.373 e. The van der Waals surface area contributed by atoms with Gasteiger partial charge in [0.15, 0.2) is 11.5 Å². The largest absolute Gasteiger partial charge is 0.490 e. The number of hydrogen-bond donors (Lipinski definition) is 1. The third-order valence-electron chi connectivity index (χ3n) is 4.97. The van der Waals surface area contributed by atoms with Crippen molar-refractivity contribution in [2.24, 2.45) is 0 Å². The Hall–Kier alpha value is -2.79. The van der Waals surface area contributed by atoms with Crippen molar-refractivity contribution in [3.05, 3.63) is 49.9 Å². The van der Waals surface area contributed by atoms with Crippen LogP contribution in [0, 0.1) is 0 Å². The number of carbonyl (C=O) groups excluding carboxylic acids is 3. The number of urea groups is 1. The van der Waals surface area contributed by atoms with Crippen LogP contribution in [0.15, 0.2) is 37.3 Å². The van der Waals surface area contributed by atoms with E-state index in [1.807, 2.05) is 20.8 Å². The van der Waals surface area contributed by atoms with Gasteiger partial charge in [0.25, 0.3) is 5.91 Å². The minimum Gasteiger partial charge on any atom is -0.490 e. The molecule has 1 aromatic carbocycles. The molecule has 1 aromatic heterocycles. The average Bonchev–Trinajstić information content (AvgIpc) is 3.39. The summed E-state index contributed by atoms with van der Waals surface area (Å²) >= 11 is 7.09. The monoisotopic (exact) mass is 598 g/mol. The number of amides is 3. The molecule has 2 heterocycles. The van der Waals surface area contributed by atoms with Crippen LogP contribution in [0.2, 0.25) is 0 Å². The molecule has 1 N–H and O–H groups in total. The number of nitrogens with one attached hydrogen (secondary N) is 1. The summed E-state index contributed by atoms with van der Waals surface area (Å²) < 4.78 is 23.0. The lowest BCUT2D eigenvalue weighted by Gasteiger charge is -2.19. The second kappa shape index (κ2) is 11.1. The quantitative estimate of drug-likeness (QED) is 0.238. The molecule has 1 atom stereocenters. The van der Waals surface area contributed by atoms with Crippen molar-refractivity contribution in [2.75, 3.05) is 13.7 Å². The highest BCUT2D eigenvalue weighted by Crippen LogP contribution is 2.44. The Balaban J connectivity index is 1.89. The molecule has 1 saturated heterocycles. The summed E-state index contributed by atoms with van der Waals surface area (Å²) in [6, 6.07) is 4.06. The van der Waals surface area contributed by atoms with Crippen molar-refractivity contribution in [1.29, 1.82) is 0 Å². The van der Waals surface area contributed by atoms with E-state index in [0.717, 1.165) is 11.3 Å². The van der Waals surface area contributed by atoms with Crippen LogP contribution in [0.4, 0.5) is 4.79 Å². The average molecular weight is 600 g/mol. The molecule has 1 fully saturated rings. The number of carbonyl (C=O) groups is 3. The first-order valence-electron chi connectivity index (χ1n) is 10.5. The number of nitrogens with zero attached hydrogens (tertiary/aromatic N) is 1. The van der Waals surface area contributed by atoms with Gasteiger partial charge in [-0.15, -0.1) is 0 Å². The summed E-state index contributed by atoms with van der Waals surface area (Å²) in [5.41, 5.74) is 0.679. The van der Waals surface area contributed by atoms with E-state index in [-0.39, 0.29) is 29.9 Å². The van der Waals surface area contributed by atoms with Gasteiger partial charge >= 0.3 is 12.0 Å². The van der Waals surface area contributed by atoms with Crippen LogP contribution in [0.25, 0.3) is 6.08 Å². The molecule has 0 radical (unpaired) electrons. The minimum absolute atomic E-state index is 0.0164. The minimum atomic E-state index is -0.648. The van der Waals surface area contributed by atoms with Gasteiger partial charge in [0.1, 0.15) is 11.5 Å². The second-order valence-corrected chi connectivity index (χ2v) is 8.91. The molecule has 3 amide bonds. The number of methoxy groups -OCH3 is 1. The number of furan rings is 1. The molecule has 11 heteroatoms. The fourth-order valence-electron chi connectivity index (χ4n) is 3.07. The second-order valence-electron chi connectivity index (χ2n) is 7.33. The van der Waals surface area contributed by atoms with Gasteiger partial charge in [0.05, 0.1) is 30.8 Å². The number of imide groups is 1. The molecule has 2 aromatic rings. The van der Waals surface area contributed by atoms with Crippen molar-refractivity contribution >= 4 is 55.8 Å². The molecule has 182 valence electrons. The first-order chi connectivity index (χ1) is 16.2. The number of rotatable bonds is 9. The standard InChI is InChI=1S/C23H24Br2N2O7/c1-5-12(3)33-20-17(32-6-2)10-13(18(24)19(20)25)9-15-21(28)27(23(30)26-15)11-14-7-8-16(34-14)22(29)31-4/h7-10,12H,5-6,11H2,1-4H3,(H,26,30)/b15-9-/t12-/m0/s1. The van der Waals surface area contributed by atoms with E-state index >= 15 is 0 Å². The molecule has 34 heavy (non-hydrogen) atoms. The van der Waals surface area contributed by atoms with Gasteiger partial charge < -0.3 is 23.9 Å². The molecule has 0 aliphatic carbocycles. The number of halogens is 2. The van der Waals surface area contributed by atoms with Crippen molar-refractivity contribution in [3.8, 4) is 11.5 Å². The highest BCUT2D eigenvalue weighted by atomic mass is 79.9. The fraction of sp³-hybridized carbons (Fsp3) is 0.348. The Labute approximate surface area is 213 Å². The molecule has 0 spiro atoms. The predicted molar refractivity (Wildman–Crippen MR) is 130 cm³/mol. The lowest BCUT2D eigenvalue weighted by Crippen LogP contribution is -2.30. The van der Waals surface area contributed by atoms with Crippen molar-refractivity contribution in [2.45, 2.75) is 39.8 Å². The SMILES string of the molecule is CCOc1cc(/C=C2\NC(=O)N(Cc3ccc(C(=O)OC)o3)C2=O)c(Br)c(Br)c1O[C@@H](C)CC. The number of hydrogen-bond acceptors (Lipinski definition) is 7. The van der Waals surface area contributed by atoms with Crippen LogP contribution < -0.4 is 14.8 Å². The molecule has 9 nitrogen and oxygen atoms in total. The number of benzene rings is 1. The van der Waals surface area contributed by atoms with Crippen molar-refractivity contribution in [3.63, 3.8) is 0 Å². The zero-order valence-corrected chi connectivity index (χ0v) is 22.2. The Morgan fingerprint density at radius 2 is 1.97 bits per heavy atom. The molecule has 1 aliphatic heterocycles. The van der Waals surface area contributed by atoms with Crippen LogP contribution in [0.1, 0.15) is 49.1 Å². The summed E-state index contributed by atoms with van der Waals surface area (Å²) in [5, 5.41) is 2.57. The zero-order valence-electron chi connectivity index (χ0n) is 19.1. The maximum absolute atomic E-state index is 12.9. The topological polar surface area (TPSA) is 107 Å². The summed E-state index contributed by atoms with van der Waals surface area (Å²) in [4.78, 5) is 38.0. The Morgan fingerprint density at radius 1 is 1.24 bits per heavy atom. The van der Waals surface area contributed by atoms with Gasteiger partial charge in [-0.1, -0.05) is 6.92 Å². The van der Waals surface area contributed by atoms with Crippen LogP contribution >= 0.6 is 31.9 Å². The van der Waals surface area contributed by atoms with E-state index < -0.39 is 17.9 Å². The van der Waals surface area contributed by atoms with Gasteiger partial charge in [-0.05, 0) is 82.0 Å². The van der Waals surface area contributed by atoms with Gasteiger partial charge in [-0.3, -0.25) is 9.69 Å².